The fraction of sp³-hybridized carbons (Fsp3) is 0.0625. The van der Waals surface area contributed by atoms with Gasteiger partial charge in [-0.25, -0.2) is 4.98 Å². The summed E-state index contributed by atoms with van der Waals surface area (Å²) in [5.41, 5.74) is 9.19. The quantitative estimate of drug-likeness (QED) is 0.721. The number of benzene rings is 1. The second-order valence-corrected chi connectivity index (χ2v) is 6.14. The lowest BCUT2D eigenvalue weighted by Gasteiger charge is -2.04. The van der Waals surface area contributed by atoms with E-state index in [4.69, 9.17) is 5.73 Å². The molecule has 1 atom stereocenters. The lowest BCUT2D eigenvalue weighted by atomic mass is 10.1. The number of nitrogens with one attached hydrogen (secondary N) is 1. The van der Waals surface area contributed by atoms with Crippen LogP contribution in [0.1, 0.15) is 20.7 Å². The molecule has 3 N–H and O–H groups in total. The minimum absolute atomic E-state index is 0.204. The normalized spacial score (nSPS) is 10.8. The van der Waals surface area contributed by atoms with E-state index in [0.29, 0.717) is 22.6 Å². The molecular weight excluding hydrogens is 311 g/mol. The molecule has 6 nitrogen and oxygen atoms in total. The minimum Gasteiger partial charge on any atom is -0.383 e. The highest BCUT2D eigenvalue weighted by atomic mass is 31.0. The van der Waals surface area contributed by atoms with Gasteiger partial charge in [0, 0.05) is 24.5 Å². The summed E-state index contributed by atoms with van der Waals surface area (Å²) in [5, 5.41) is 2.80. The van der Waals surface area contributed by atoms with Crippen molar-refractivity contribution in [3.63, 3.8) is 0 Å². The second-order valence-electron chi connectivity index (χ2n) is 5.09. The molecule has 0 bridgehead atoms. The van der Waals surface area contributed by atoms with Crippen molar-refractivity contribution in [3.05, 3.63) is 53.4 Å². The molecule has 116 valence electrons. The van der Waals surface area contributed by atoms with Crippen molar-refractivity contribution in [1.82, 2.24) is 9.55 Å². The molecule has 0 spiro atoms. The number of anilines is 2. The second kappa shape index (κ2) is 6.10. The third kappa shape index (κ3) is 3.17. The van der Waals surface area contributed by atoms with Crippen LogP contribution >= 0.6 is 8.19 Å². The molecule has 0 aliphatic carbocycles. The Bertz CT molecular complexity index is 865. The predicted molar refractivity (Wildman–Crippen MR) is 92.3 cm³/mol. The Balaban J connectivity index is 1.76. The Hall–Kier alpha value is -2.85. The van der Waals surface area contributed by atoms with E-state index >= 15 is 0 Å². The van der Waals surface area contributed by atoms with E-state index in [1.165, 1.54) is 0 Å². The number of hydrogen-bond donors (Lipinski definition) is 2. The van der Waals surface area contributed by atoms with Crippen LogP contribution in [0.15, 0.2) is 42.3 Å². The lowest BCUT2D eigenvalue weighted by molar-refractivity contribution is 0.102. The monoisotopic (exact) mass is 326 g/mol. The van der Waals surface area contributed by atoms with Crippen LogP contribution in [-0.2, 0) is 7.05 Å². The molecule has 7 heteroatoms. The molecule has 0 saturated heterocycles. The van der Waals surface area contributed by atoms with Gasteiger partial charge < -0.3 is 15.6 Å². The number of rotatable bonds is 4. The highest BCUT2D eigenvalue weighted by Gasteiger charge is 2.10. The Morgan fingerprint density at radius 3 is 2.61 bits per heavy atom. The Kier molecular flexibility index (Phi) is 4.00. The average Bonchev–Trinajstić information content (AvgIpc) is 3.14. The van der Waals surface area contributed by atoms with Crippen molar-refractivity contribution in [2.75, 3.05) is 11.1 Å². The van der Waals surface area contributed by atoms with Crippen molar-refractivity contribution in [1.29, 1.82) is 0 Å². The van der Waals surface area contributed by atoms with Crippen LogP contribution in [0, 0.1) is 0 Å². The van der Waals surface area contributed by atoms with Crippen molar-refractivity contribution >= 4 is 31.9 Å². The summed E-state index contributed by atoms with van der Waals surface area (Å²) in [5.74, 6) is 1.88. The maximum atomic E-state index is 12.0. The molecular formula is C16H15N4O2P. The molecule has 3 rings (SSSR count). The first-order valence-corrected chi connectivity index (χ1v) is 7.99. The first kappa shape index (κ1) is 15.1. The first-order chi connectivity index (χ1) is 11.1. The Morgan fingerprint density at radius 1 is 1.30 bits per heavy atom. The summed E-state index contributed by atoms with van der Waals surface area (Å²) in [6, 6.07) is 9.24. The summed E-state index contributed by atoms with van der Waals surface area (Å²) in [6.45, 7) is 0. The van der Waals surface area contributed by atoms with Crippen molar-refractivity contribution in [2.24, 2.45) is 7.05 Å². The van der Waals surface area contributed by atoms with E-state index in [-0.39, 0.29) is 14.1 Å². The van der Waals surface area contributed by atoms with E-state index in [0.717, 1.165) is 17.4 Å². The molecule has 0 saturated carbocycles. The number of carbonyl (C=O) groups is 2. The maximum absolute atomic E-state index is 12.0. The SMILES string of the molecule is Cn1cc(-c2ccc(NC(=O)c3nc(N)c[pH]3)cc2)cc1C=O. The van der Waals surface area contributed by atoms with Gasteiger partial charge in [0.1, 0.15) is 11.2 Å². The lowest BCUT2D eigenvalue weighted by Crippen LogP contribution is -2.11. The number of nitrogen functional groups attached to an aromatic ring is 1. The summed E-state index contributed by atoms with van der Waals surface area (Å²) < 4.78 is 1.77. The summed E-state index contributed by atoms with van der Waals surface area (Å²) in [7, 11) is 2.03. The van der Waals surface area contributed by atoms with E-state index < -0.39 is 0 Å². The number of amides is 1. The topological polar surface area (TPSA) is 90.0 Å². The van der Waals surface area contributed by atoms with E-state index in [1.54, 1.807) is 10.4 Å². The standard InChI is InChI=1S/C16H15N4O2P/c1-20-7-11(6-13(20)8-21)10-2-4-12(5-3-10)18-15(22)16-19-14(17)9-23-16/h2-9,23H,17H2,1H3,(H,18,22). The zero-order valence-corrected chi connectivity index (χ0v) is 13.4. The van der Waals surface area contributed by atoms with Crippen molar-refractivity contribution in [2.45, 2.75) is 0 Å². The van der Waals surface area contributed by atoms with Gasteiger partial charge >= 0.3 is 0 Å². The van der Waals surface area contributed by atoms with Crippen LogP contribution in [0.5, 0.6) is 0 Å². The minimum atomic E-state index is -0.240. The largest absolute Gasteiger partial charge is 0.383 e. The third-order valence-corrected chi connectivity index (χ3v) is 4.51. The van der Waals surface area contributed by atoms with Crippen molar-refractivity contribution < 1.29 is 9.59 Å². The van der Waals surface area contributed by atoms with E-state index in [2.05, 4.69) is 10.3 Å². The highest BCUT2D eigenvalue weighted by molar-refractivity contribution is 7.31. The number of nitrogens with zero attached hydrogens (tertiary/aromatic N) is 2. The van der Waals surface area contributed by atoms with Gasteiger partial charge in [-0.2, -0.15) is 0 Å². The van der Waals surface area contributed by atoms with Gasteiger partial charge in [-0.15, -0.1) is 8.19 Å². The predicted octanol–water partition coefficient (Wildman–Crippen LogP) is 2.77. The molecule has 1 aromatic carbocycles. The van der Waals surface area contributed by atoms with Gasteiger partial charge in [0.05, 0.1) is 5.69 Å². The van der Waals surface area contributed by atoms with Crippen LogP contribution in [0.3, 0.4) is 0 Å². The molecule has 0 aliphatic rings. The van der Waals surface area contributed by atoms with Crippen LogP contribution in [0.25, 0.3) is 11.1 Å². The summed E-state index contributed by atoms with van der Waals surface area (Å²) in [4.78, 5) is 26.9. The molecule has 3 aromatic rings. The summed E-state index contributed by atoms with van der Waals surface area (Å²) >= 11 is 0. The number of aryl methyl sites for hydroxylation is 1. The molecule has 2 aromatic heterocycles. The molecule has 0 fully saturated rings. The van der Waals surface area contributed by atoms with Gasteiger partial charge in [-0.05, 0) is 29.6 Å². The smallest absolute Gasteiger partial charge is 0.278 e. The fourth-order valence-corrected chi connectivity index (χ4v) is 2.98. The molecule has 1 amide bonds. The van der Waals surface area contributed by atoms with Crippen molar-refractivity contribution in [3.8, 4) is 11.1 Å². The highest BCUT2D eigenvalue weighted by Crippen LogP contribution is 2.24. The van der Waals surface area contributed by atoms with Crippen LogP contribution in [0.4, 0.5) is 11.5 Å². The zero-order valence-electron chi connectivity index (χ0n) is 12.4. The van der Waals surface area contributed by atoms with Crippen LogP contribution in [-0.4, -0.2) is 21.7 Å². The summed E-state index contributed by atoms with van der Waals surface area (Å²) in [6.07, 6.45) is 2.71. The molecule has 2 heterocycles. The molecule has 0 radical (unpaired) electrons. The van der Waals surface area contributed by atoms with Gasteiger partial charge in [0.15, 0.2) is 6.29 Å². The number of hydrogen-bond acceptors (Lipinski definition) is 4. The fourth-order valence-electron chi connectivity index (χ4n) is 2.25. The molecule has 0 aliphatic heterocycles. The van der Waals surface area contributed by atoms with Gasteiger partial charge in [0.2, 0.25) is 0 Å². The number of aldehydes is 1. The maximum Gasteiger partial charge on any atom is 0.278 e. The number of nitrogens with two attached hydrogens (primary N) is 1. The van der Waals surface area contributed by atoms with Gasteiger partial charge in [-0.3, -0.25) is 9.59 Å². The first-order valence-electron chi connectivity index (χ1n) is 6.91. The van der Waals surface area contributed by atoms with Gasteiger partial charge in [-0.1, -0.05) is 12.1 Å². The zero-order chi connectivity index (χ0) is 16.4. The number of aromatic nitrogens is 2. The van der Waals surface area contributed by atoms with E-state index in [9.17, 15) is 9.59 Å². The molecule has 1 unspecified atom stereocenters. The average molecular weight is 326 g/mol. The Labute approximate surface area is 134 Å². The van der Waals surface area contributed by atoms with E-state index in [1.807, 2.05) is 43.6 Å². The van der Waals surface area contributed by atoms with Crippen LogP contribution in [0.2, 0.25) is 0 Å². The Morgan fingerprint density at radius 2 is 2.04 bits per heavy atom. The van der Waals surface area contributed by atoms with Crippen LogP contribution < -0.4 is 11.1 Å². The van der Waals surface area contributed by atoms with Gasteiger partial charge in [0.25, 0.3) is 5.91 Å². The number of carbonyl (C=O) groups excluding carboxylic acids is 2. The molecule has 23 heavy (non-hydrogen) atoms. The third-order valence-electron chi connectivity index (χ3n) is 3.45.